The molecule has 0 radical (unpaired) electrons. The Bertz CT molecular complexity index is 523. The van der Waals surface area contributed by atoms with E-state index in [0.717, 1.165) is 12.8 Å². The minimum absolute atomic E-state index is 0.0701. The Hall–Kier alpha value is -1.68. The van der Waals surface area contributed by atoms with Gasteiger partial charge in [0.15, 0.2) is 0 Å². The van der Waals surface area contributed by atoms with Gasteiger partial charge in [-0.1, -0.05) is 37.5 Å². The van der Waals surface area contributed by atoms with Crippen molar-refractivity contribution in [3.63, 3.8) is 0 Å². The van der Waals surface area contributed by atoms with Crippen molar-refractivity contribution >= 4 is 17.5 Å². The molecule has 1 aromatic carbocycles. The topological polar surface area (TPSA) is 40.6 Å². The molecule has 1 aliphatic carbocycles. The summed E-state index contributed by atoms with van der Waals surface area (Å²) >= 11 is 0. The molecule has 1 saturated heterocycles. The number of imide groups is 1. The SMILES string of the molecule is CN(C1CCCCC1)[C@@H]1CC(=O)N(c2ccccc2)C1=O. The van der Waals surface area contributed by atoms with Crippen LogP contribution in [0.3, 0.4) is 0 Å². The zero-order chi connectivity index (χ0) is 14.8. The summed E-state index contributed by atoms with van der Waals surface area (Å²) in [5.41, 5.74) is 0.687. The van der Waals surface area contributed by atoms with Gasteiger partial charge in [0.25, 0.3) is 5.91 Å². The van der Waals surface area contributed by atoms with Crippen LogP contribution in [0.2, 0.25) is 0 Å². The molecule has 3 rings (SSSR count). The van der Waals surface area contributed by atoms with Crippen molar-refractivity contribution in [1.82, 2.24) is 4.90 Å². The van der Waals surface area contributed by atoms with E-state index < -0.39 is 0 Å². The lowest BCUT2D eigenvalue weighted by molar-refractivity contribution is -0.123. The molecule has 0 aromatic heterocycles. The Kier molecular flexibility index (Phi) is 4.06. The highest BCUT2D eigenvalue weighted by molar-refractivity contribution is 6.22. The highest BCUT2D eigenvalue weighted by Gasteiger charge is 2.43. The molecule has 1 atom stereocenters. The third kappa shape index (κ3) is 2.72. The van der Waals surface area contributed by atoms with Crippen molar-refractivity contribution < 1.29 is 9.59 Å². The van der Waals surface area contributed by atoms with Crippen LogP contribution < -0.4 is 4.90 Å². The predicted molar refractivity (Wildman–Crippen MR) is 82.0 cm³/mol. The largest absolute Gasteiger partial charge is 0.292 e. The molecule has 0 spiro atoms. The first-order valence-electron chi connectivity index (χ1n) is 7.82. The first-order valence-corrected chi connectivity index (χ1v) is 7.82. The molecule has 0 N–H and O–H groups in total. The van der Waals surface area contributed by atoms with Crippen LogP contribution in [-0.2, 0) is 9.59 Å². The van der Waals surface area contributed by atoms with Crippen molar-refractivity contribution in [2.75, 3.05) is 11.9 Å². The quantitative estimate of drug-likeness (QED) is 0.802. The summed E-state index contributed by atoms with van der Waals surface area (Å²) in [7, 11) is 2.00. The normalized spacial score (nSPS) is 24.1. The molecule has 2 aliphatic rings. The molecular weight excluding hydrogens is 264 g/mol. The molecular formula is C17H22N2O2. The fourth-order valence-corrected chi connectivity index (χ4v) is 3.53. The van der Waals surface area contributed by atoms with Crippen molar-refractivity contribution in [3.8, 4) is 0 Å². The second kappa shape index (κ2) is 5.98. The summed E-state index contributed by atoms with van der Waals surface area (Å²) in [6.45, 7) is 0. The maximum absolute atomic E-state index is 12.7. The van der Waals surface area contributed by atoms with Crippen LogP contribution in [0.25, 0.3) is 0 Å². The van der Waals surface area contributed by atoms with E-state index in [4.69, 9.17) is 0 Å². The van der Waals surface area contributed by atoms with Crippen LogP contribution in [0.15, 0.2) is 30.3 Å². The van der Waals surface area contributed by atoms with E-state index in [0.29, 0.717) is 18.2 Å². The number of para-hydroxylation sites is 1. The zero-order valence-electron chi connectivity index (χ0n) is 12.5. The molecule has 4 nitrogen and oxygen atoms in total. The lowest BCUT2D eigenvalue weighted by Crippen LogP contribution is -2.45. The molecule has 112 valence electrons. The third-order valence-corrected chi connectivity index (χ3v) is 4.78. The monoisotopic (exact) mass is 286 g/mol. The minimum Gasteiger partial charge on any atom is -0.292 e. The smallest absolute Gasteiger partial charge is 0.251 e. The number of likely N-dealkylation sites (N-methyl/N-ethyl adjacent to an activating group) is 1. The van der Waals surface area contributed by atoms with Gasteiger partial charge in [0.1, 0.15) is 0 Å². The van der Waals surface area contributed by atoms with E-state index in [2.05, 4.69) is 4.90 Å². The van der Waals surface area contributed by atoms with E-state index in [1.807, 2.05) is 37.4 Å². The van der Waals surface area contributed by atoms with Crippen molar-refractivity contribution in [2.24, 2.45) is 0 Å². The Morgan fingerprint density at radius 2 is 1.71 bits per heavy atom. The standard InChI is InChI=1S/C17H22N2O2/c1-18(13-8-4-2-5-9-13)15-12-16(20)19(17(15)21)14-10-6-3-7-11-14/h3,6-7,10-11,13,15H,2,4-5,8-9,12H2,1H3/t15-/m1/s1. The average Bonchev–Trinajstić information content (AvgIpc) is 2.83. The van der Waals surface area contributed by atoms with E-state index in [1.165, 1.54) is 24.2 Å². The predicted octanol–water partition coefficient (Wildman–Crippen LogP) is 2.58. The molecule has 4 heteroatoms. The fraction of sp³-hybridized carbons (Fsp3) is 0.529. The van der Waals surface area contributed by atoms with Gasteiger partial charge in [0, 0.05) is 6.04 Å². The number of benzene rings is 1. The van der Waals surface area contributed by atoms with Crippen LogP contribution >= 0.6 is 0 Å². The number of anilines is 1. The Morgan fingerprint density at radius 3 is 2.38 bits per heavy atom. The summed E-state index contributed by atoms with van der Waals surface area (Å²) in [4.78, 5) is 28.4. The molecule has 1 saturated carbocycles. The lowest BCUT2D eigenvalue weighted by Gasteiger charge is -2.34. The summed E-state index contributed by atoms with van der Waals surface area (Å²) in [5, 5.41) is 0. The van der Waals surface area contributed by atoms with Crippen LogP contribution in [0.5, 0.6) is 0 Å². The Balaban J connectivity index is 1.77. The average molecular weight is 286 g/mol. The van der Waals surface area contributed by atoms with Gasteiger partial charge in [0.2, 0.25) is 5.91 Å². The Morgan fingerprint density at radius 1 is 1.05 bits per heavy atom. The van der Waals surface area contributed by atoms with E-state index >= 15 is 0 Å². The molecule has 2 amide bonds. The van der Waals surface area contributed by atoms with Gasteiger partial charge in [-0.05, 0) is 32.0 Å². The lowest BCUT2D eigenvalue weighted by atomic mass is 9.93. The minimum atomic E-state index is -0.291. The number of hydrogen-bond acceptors (Lipinski definition) is 3. The van der Waals surface area contributed by atoms with Crippen LogP contribution in [-0.4, -0.2) is 35.8 Å². The van der Waals surface area contributed by atoms with E-state index in [1.54, 1.807) is 0 Å². The van der Waals surface area contributed by atoms with Crippen molar-refractivity contribution in [1.29, 1.82) is 0 Å². The summed E-state index contributed by atoms with van der Waals surface area (Å²) in [6.07, 6.45) is 6.33. The maximum Gasteiger partial charge on any atom is 0.251 e. The van der Waals surface area contributed by atoms with Crippen LogP contribution in [0, 0.1) is 0 Å². The van der Waals surface area contributed by atoms with Crippen LogP contribution in [0.4, 0.5) is 5.69 Å². The number of amides is 2. The van der Waals surface area contributed by atoms with Gasteiger partial charge >= 0.3 is 0 Å². The van der Waals surface area contributed by atoms with Crippen molar-refractivity contribution in [2.45, 2.75) is 50.6 Å². The highest BCUT2D eigenvalue weighted by Crippen LogP contribution is 2.29. The molecule has 2 fully saturated rings. The van der Waals surface area contributed by atoms with Gasteiger partial charge in [0.05, 0.1) is 18.2 Å². The number of nitrogens with zero attached hydrogens (tertiary/aromatic N) is 2. The second-order valence-electron chi connectivity index (χ2n) is 6.08. The number of carbonyl (C=O) groups is 2. The van der Waals surface area contributed by atoms with Gasteiger partial charge in [-0.3, -0.25) is 14.5 Å². The number of rotatable bonds is 3. The first-order chi connectivity index (χ1) is 10.2. The maximum atomic E-state index is 12.7. The molecule has 0 bridgehead atoms. The summed E-state index contributed by atoms with van der Waals surface area (Å²) in [6, 6.07) is 9.39. The zero-order valence-corrected chi connectivity index (χ0v) is 12.5. The summed E-state index contributed by atoms with van der Waals surface area (Å²) < 4.78 is 0. The van der Waals surface area contributed by atoms with Gasteiger partial charge in [-0.2, -0.15) is 0 Å². The van der Waals surface area contributed by atoms with Crippen LogP contribution in [0.1, 0.15) is 38.5 Å². The number of hydrogen-bond donors (Lipinski definition) is 0. The Labute approximate surface area is 125 Å². The molecule has 0 unspecified atom stereocenters. The fourth-order valence-electron chi connectivity index (χ4n) is 3.53. The highest BCUT2D eigenvalue weighted by atomic mass is 16.2. The first kappa shape index (κ1) is 14.3. The molecule has 21 heavy (non-hydrogen) atoms. The molecule has 1 aliphatic heterocycles. The van der Waals surface area contributed by atoms with E-state index in [-0.39, 0.29) is 17.9 Å². The number of carbonyl (C=O) groups excluding carboxylic acids is 2. The summed E-state index contributed by atoms with van der Waals surface area (Å²) in [5.74, 6) is -0.155. The second-order valence-corrected chi connectivity index (χ2v) is 6.08. The van der Waals surface area contributed by atoms with Crippen molar-refractivity contribution in [3.05, 3.63) is 30.3 Å². The van der Waals surface area contributed by atoms with E-state index in [9.17, 15) is 9.59 Å². The molecule has 1 heterocycles. The molecule has 1 aromatic rings. The van der Waals surface area contributed by atoms with Gasteiger partial charge in [-0.25, -0.2) is 4.90 Å². The van der Waals surface area contributed by atoms with Gasteiger partial charge < -0.3 is 0 Å². The van der Waals surface area contributed by atoms with Gasteiger partial charge in [-0.15, -0.1) is 0 Å². The third-order valence-electron chi connectivity index (χ3n) is 4.78.